The van der Waals surface area contributed by atoms with E-state index in [9.17, 15) is 8.42 Å². The summed E-state index contributed by atoms with van der Waals surface area (Å²) < 4.78 is 28.6. The van der Waals surface area contributed by atoms with E-state index in [0.717, 1.165) is 19.3 Å². The summed E-state index contributed by atoms with van der Waals surface area (Å²) in [6.07, 6.45) is 18.0. The molecule has 0 unspecified atom stereocenters. The number of hydrogen-bond donors (Lipinski definition) is 0. The van der Waals surface area contributed by atoms with Gasteiger partial charge in [-0.15, -0.1) is 3.77 Å². The van der Waals surface area contributed by atoms with Crippen LogP contribution in [0, 0.1) is 0 Å². The third-order valence-corrected chi connectivity index (χ3v) is 9.25. The summed E-state index contributed by atoms with van der Waals surface area (Å²) in [5.74, 6) is 0.230. The van der Waals surface area contributed by atoms with E-state index in [4.69, 9.17) is 0 Å². The molecule has 27 heavy (non-hydrogen) atoms. The van der Waals surface area contributed by atoms with Gasteiger partial charge in [-0.2, -0.15) is 0 Å². The van der Waals surface area contributed by atoms with E-state index in [1.54, 1.807) is 0 Å². The van der Waals surface area contributed by atoms with E-state index in [1.807, 2.05) is 0 Å². The first-order valence-corrected chi connectivity index (χ1v) is 14.4. The van der Waals surface area contributed by atoms with Gasteiger partial charge in [-0.05, 0) is 6.42 Å². The van der Waals surface area contributed by atoms with E-state index < -0.39 is 10.0 Å². The number of rotatable bonds is 18. The Labute approximate surface area is 173 Å². The molecule has 0 aromatic rings. The van der Waals surface area contributed by atoms with Crippen LogP contribution in [0.2, 0.25) is 0 Å². The monoisotopic (exact) mass is 421 g/mol. The summed E-state index contributed by atoms with van der Waals surface area (Å²) in [5, 5.41) is 0.604. The third kappa shape index (κ3) is 16.7. The molecule has 164 valence electrons. The summed E-state index contributed by atoms with van der Waals surface area (Å²) in [6.45, 7) is 10.5. The van der Waals surface area contributed by atoms with Crippen molar-refractivity contribution in [2.45, 2.75) is 135 Å². The van der Waals surface area contributed by atoms with Crippen LogP contribution in [0.3, 0.4) is 0 Å². The van der Waals surface area contributed by atoms with Gasteiger partial charge in [0.25, 0.3) is 10.0 Å². The minimum absolute atomic E-state index is 0.230. The van der Waals surface area contributed by atoms with Crippen molar-refractivity contribution in [2.24, 2.45) is 3.77 Å². The van der Waals surface area contributed by atoms with E-state index >= 15 is 0 Å². The molecule has 0 radical (unpaired) electrons. The quantitative estimate of drug-likeness (QED) is 0.216. The molecule has 0 saturated heterocycles. The molecule has 0 atom stereocenters. The summed E-state index contributed by atoms with van der Waals surface area (Å²) >= 11 is 0. The predicted molar refractivity (Wildman–Crippen MR) is 124 cm³/mol. The van der Waals surface area contributed by atoms with Crippen molar-refractivity contribution in [1.82, 2.24) is 0 Å². The highest BCUT2D eigenvalue weighted by atomic mass is 32.3. The fraction of sp³-hybridized carbons (Fsp3) is 1.00. The van der Waals surface area contributed by atoms with Crippen LogP contribution in [-0.2, 0) is 20.7 Å². The molecule has 0 aliphatic heterocycles. The predicted octanol–water partition coefficient (Wildman–Crippen LogP) is 7.42. The summed E-state index contributed by atoms with van der Waals surface area (Å²) in [5.41, 5.74) is 0. The smallest absolute Gasteiger partial charge is 0.204 e. The Kier molecular flexibility index (Phi) is 17.1. The lowest BCUT2D eigenvalue weighted by Crippen LogP contribution is -2.18. The number of hydrogen-bond acceptors (Lipinski definition) is 2. The van der Waals surface area contributed by atoms with Gasteiger partial charge < -0.3 is 0 Å². The summed E-state index contributed by atoms with van der Waals surface area (Å²) in [7, 11) is -3.63. The van der Waals surface area contributed by atoms with E-state index in [-0.39, 0.29) is 16.4 Å². The Hall–Kier alpha value is 0.1000. The molecule has 0 N–H and O–H groups in total. The Bertz CT molecular complexity index is 461. The summed E-state index contributed by atoms with van der Waals surface area (Å²) in [4.78, 5) is 0. The zero-order valence-electron chi connectivity index (χ0n) is 18.8. The molecular formula is C22H47NO2S2. The molecule has 0 heterocycles. The number of unbranched alkanes of at least 4 members (excludes halogenated alkanes) is 13. The van der Waals surface area contributed by atoms with Gasteiger partial charge in [-0.25, -0.2) is 8.42 Å². The Morgan fingerprint density at radius 3 is 1.30 bits per heavy atom. The molecule has 0 rings (SSSR count). The average Bonchev–Trinajstić information content (AvgIpc) is 2.59. The van der Waals surface area contributed by atoms with Gasteiger partial charge in [-0.3, -0.25) is 0 Å². The van der Waals surface area contributed by atoms with Crippen LogP contribution in [0.15, 0.2) is 3.77 Å². The topological polar surface area (TPSA) is 46.5 Å². The molecule has 0 bridgehead atoms. The van der Waals surface area contributed by atoms with E-state index in [0.29, 0.717) is 10.5 Å². The van der Waals surface area contributed by atoms with Gasteiger partial charge in [0.05, 0.1) is 5.75 Å². The van der Waals surface area contributed by atoms with Gasteiger partial charge in [0.1, 0.15) is 0 Å². The number of nitrogens with zero attached hydrogens (tertiary/aromatic N) is 1. The minimum atomic E-state index is -3.25. The average molecular weight is 422 g/mol. The van der Waals surface area contributed by atoms with Crippen molar-refractivity contribution in [1.29, 1.82) is 0 Å². The lowest BCUT2D eigenvalue weighted by Gasteiger charge is -2.15. The Morgan fingerprint density at radius 2 is 0.963 bits per heavy atom. The molecule has 0 spiro atoms. The van der Waals surface area contributed by atoms with E-state index in [1.165, 1.54) is 70.6 Å². The van der Waals surface area contributed by atoms with Crippen molar-refractivity contribution in [3.63, 3.8) is 0 Å². The second-order valence-corrected chi connectivity index (χ2v) is 13.1. The maximum atomic E-state index is 12.2. The molecular weight excluding hydrogens is 374 g/mol. The molecule has 0 aromatic carbocycles. The van der Waals surface area contributed by atoms with Crippen LogP contribution in [0.4, 0.5) is 0 Å². The van der Waals surface area contributed by atoms with Gasteiger partial charge in [0.2, 0.25) is 0 Å². The van der Waals surface area contributed by atoms with Crippen LogP contribution in [0.25, 0.3) is 0 Å². The van der Waals surface area contributed by atoms with Crippen molar-refractivity contribution < 1.29 is 8.42 Å². The minimum Gasteiger partial charge on any atom is -0.204 e. The zero-order chi connectivity index (χ0) is 20.5. The van der Waals surface area contributed by atoms with Crippen LogP contribution in [-0.4, -0.2) is 24.7 Å². The van der Waals surface area contributed by atoms with Gasteiger partial charge in [0, 0.05) is 10.5 Å². The molecule has 5 heteroatoms. The second kappa shape index (κ2) is 17.0. The van der Waals surface area contributed by atoms with Crippen LogP contribution in [0.1, 0.15) is 125 Å². The van der Waals surface area contributed by atoms with Crippen LogP contribution < -0.4 is 0 Å². The zero-order valence-corrected chi connectivity index (χ0v) is 20.5. The molecule has 0 saturated carbocycles. The van der Waals surface area contributed by atoms with Crippen molar-refractivity contribution in [2.75, 3.05) is 5.75 Å². The highest BCUT2D eigenvalue weighted by Gasteiger charge is 2.14. The van der Waals surface area contributed by atoms with Crippen LogP contribution in [0.5, 0.6) is 0 Å². The van der Waals surface area contributed by atoms with Crippen molar-refractivity contribution >= 4 is 20.7 Å². The normalized spacial score (nSPS) is 12.4. The maximum absolute atomic E-state index is 12.2. The van der Waals surface area contributed by atoms with Crippen LogP contribution >= 0.6 is 0 Å². The molecule has 0 amide bonds. The molecule has 3 nitrogen and oxygen atoms in total. The van der Waals surface area contributed by atoms with E-state index in [2.05, 4.69) is 38.4 Å². The highest BCUT2D eigenvalue weighted by Crippen LogP contribution is 2.14. The van der Waals surface area contributed by atoms with Gasteiger partial charge >= 0.3 is 0 Å². The van der Waals surface area contributed by atoms with Crippen molar-refractivity contribution in [3.8, 4) is 0 Å². The van der Waals surface area contributed by atoms with Crippen molar-refractivity contribution in [3.05, 3.63) is 0 Å². The fourth-order valence-electron chi connectivity index (χ4n) is 3.36. The highest BCUT2D eigenvalue weighted by molar-refractivity contribution is 8.00. The first-order chi connectivity index (χ1) is 12.8. The Balaban J connectivity index is 3.65. The summed E-state index contributed by atoms with van der Waals surface area (Å²) in [6, 6.07) is 0. The van der Waals surface area contributed by atoms with Gasteiger partial charge in [0.15, 0.2) is 0 Å². The molecule has 0 aliphatic rings. The van der Waals surface area contributed by atoms with Gasteiger partial charge in [-0.1, -0.05) is 129 Å². The fourth-order valence-corrected chi connectivity index (χ4v) is 7.75. The maximum Gasteiger partial charge on any atom is 0.258 e. The lowest BCUT2D eigenvalue weighted by molar-refractivity contribution is 0.537. The lowest BCUT2D eigenvalue weighted by atomic mass is 10.0. The molecule has 0 aromatic heterocycles. The molecule has 0 aliphatic carbocycles. The standard InChI is InChI=1S/C22H47NO2S2/c1-6-7-8-9-10-11-12-13-14-15-16-17-18-19-20-27(24,25)23-26(21(2)3)22(4)5/h21-22H,6-20H2,1-5H3. The largest absolute Gasteiger partial charge is 0.258 e. The molecule has 0 fully saturated rings. The SMILES string of the molecule is CCCCCCCCCCCCCCCCS(=O)(=O)N=S(C(C)C)C(C)C. The number of sulfonamides is 1. The Morgan fingerprint density at radius 1 is 0.630 bits per heavy atom. The first-order valence-electron chi connectivity index (χ1n) is 11.5. The second-order valence-electron chi connectivity index (χ2n) is 8.40. The third-order valence-electron chi connectivity index (χ3n) is 4.92. The first kappa shape index (κ1) is 27.1.